The molecule has 0 heterocycles. The Labute approximate surface area is 121 Å². The molecular formula is C17H26N2O. The molecule has 1 fully saturated rings. The van der Waals surface area contributed by atoms with Crippen molar-refractivity contribution in [1.82, 2.24) is 5.32 Å². The van der Waals surface area contributed by atoms with E-state index in [2.05, 4.69) is 38.2 Å². The van der Waals surface area contributed by atoms with Gasteiger partial charge in [-0.15, -0.1) is 0 Å². The molecule has 0 radical (unpaired) electrons. The van der Waals surface area contributed by atoms with Crippen LogP contribution in [-0.2, 0) is 11.3 Å². The monoisotopic (exact) mass is 274 g/mol. The fourth-order valence-electron chi connectivity index (χ4n) is 3.46. The van der Waals surface area contributed by atoms with Crippen molar-refractivity contribution in [2.75, 3.05) is 0 Å². The maximum absolute atomic E-state index is 12.1. The third kappa shape index (κ3) is 3.04. The van der Waals surface area contributed by atoms with Crippen LogP contribution in [0.5, 0.6) is 0 Å². The van der Waals surface area contributed by atoms with Gasteiger partial charge in [0.1, 0.15) is 5.54 Å². The van der Waals surface area contributed by atoms with E-state index < -0.39 is 5.54 Å². The highest BCUT2D eigenvalue weighted by Gasteiger charge is 2.47. The van der Waals surface area contributed by atoms with Crippen LogP contribution in [0.1, 0.15) is 45.6 Å². The summed E-state index contributed by atoms with van der Waals surface area (Å²) in [5, 5.41) is 3.46. The first-order valence-electron chi connectivity index (χ1n) is 7.45. The first kappa shape index (κ1) is 15.0. The average molecular weight is 274 g/mol. The summed E-state index contributed by atoms with van der Waals surface area (Å²) >= 11 is 0. The Morgan fingerprint density at radius 2 is 1.95 bits per heavy atom. The summed E-state index contributed by atoms with van der Waals surface area (Å²) in [7, 11) is 0. The van der Waals surface area contributed by atoms with Gasteiger partial charge in [-0.1, -0.05) is 51.1 Å². The molecule has 0 aromatic heterocycles. The Balaban J connectivity index is 2.13. The maximum Gasteiger partial charge on any atom is 0.238 e. The molecule has 3 nitrogen and oxygen atoms in total. The van der Waals surface area contributed by atoms with E-state index in [1.165, 1.54) is 5.56 Å². The topological polar surface area (TPSA) is 55.1 Å². The van der Waals surface area contributed by atoms with Gasteiger partial charge < -0.3 is 5.73 Å². The summed E-state index contributed by atoms with van der Waals surface area (Å²) in [6, 6.07) is 10.2. The number of amides is 1. The molecule has 2 atom stereocenters. The molecule has 20 heavy (non-hydrogen) atoms. The van der Waals surface area contributed by atoms with Crippen molar-refractivity contribution in [1.29, 1.82) is 0 Å². The fourth-order valence-corrected chi connectivity index (χ4v) is 3.46. The molecule has 3 heteroatoms. The van der Waals surface area contributed by atoms with Crippen LogP contribution in [0.2, 0.25) is 0 Å². The summed E-state index contributed by atoms with van der Waals surface area (Å²) in [6.07, 6.45) is 2.88. The minimum atomic E-state index is -0.564. The molecule has 0 saturated heterocycles. The number of benzene rings is 1. The molecule has 1 aliphatic rings. The predicted molar refractivity (Wildman–Crippen MR) is 82.0 cm³/mol. The van der Waals surface area contributed by atoms with Crippen LogP contribution < -0.4 is 11.1 Å². The SMILES string of the molecule is CC1CC(C)(C)CCC1(NCc1ccccc1)C(N)=O. The number of rotatable bonds is 4. The second-order valence-corrected chi connectivity index (χ2v) is 6.94. The van der Waals surface area contributed by atoms with Crippen molar-refractivity contribution in [2.45, 2.75) is 52.1 Å². The molecule has 2 rings (SSSR count). The summed E-state index contributed by atoms with van der Waals surface area (Å²) in [4.78, 5) is 12.1. The Hall–Kier alpha value is -1.35. The van der Waals surface area contributed by atoms with Gasteiger partial charge in [0.2, 0.25) is 5.91 Å². The predicted octanol–water partition coefficient (Wildman–Crippen LogP) is 2.85. The zero-order valence-corrected chi connectivity index (χ0v) is 12.8. The Morgan fingerprint density at radius 3 is 2.50 bits per heavy atom. The first-order chi connectivity index (χ1) is 9.36. The third-order valence-electron chi connectivity index (χ3n) is 4.79. The fraction of sp³-hybridized carbons (Fsp3) is 0.588. The largest absolute Gasteiger partial charge is 0.368 e. The standard InChI is InChI=1S/C17H26N2O/c1-13-11-16(2,3)9-10-17(13,15(18)20)19-12-14-7-5-4-6-8-14/h4-8,13,19H,9-12H2,1-3H3,(H2,18,20). The van der Waals surface area contributed by atoms with E-state index in [9.17, 15) is 4.79 Å². The van der Waals surface area contributed by atoms with E-state index in [-0.39, 0.29) is 11.8 Å². The average Bonchev–Trinajstić information content (AvgIpc) is 2.38. The van der Waals surface area contributed by atoms with Gasteiger partial charge in [-0.2, -0.15) is 0 Å². The molecule has 0 bridgehead atoms. The zero-order chi connectivity index (χ0) is 14.8. The van der Waals surface area contributed by atoms with Crippen LogP contribution in [0, 0.1) is 11.3 Å². The second kappa shape index (κ2) is 5.57. The summed E-state index contributed by atoms with van der Waals surface area (Å²) in [5.41, 5.74) is 6.66. The van der Waals surface area contributed by atoms with E-state index in [1.54, 1.807) is 0 Å². The highest BCUT2D eigenvalue weighted by atomic mass is 16.1. The van der Waals surface area contributed by atoms with Gasteiger partial charge >= 0.3 is 0 Å². The minimum absolute atomic E-state index is 0.212. The van der Waals surface area contributed by atoms with Gasteiger partial charge in [0, 0.05) is 6.54 Å². The normalized spacial score (nSPS) is 29.1. The minimum Gasteiger partial charge on any atom is -0.368 e. The van der Waals surface area contributed by atoms with Crippen molar-refractivity contribution in [2.24, 2.45) is 17.1 Å². The van der Waals surface area contributed by atoms with E-state index in [0.717, 1.165) is 19.3 Å². The number of nitrogens with two attached hydrogens (primary N) is 1. The molecule has 3 N–H and O–H groups in total. The van der Waals surface area contributed by atoms with Crippen LogP contribution in [0.3, 0.4) is 0 Å². The van der Waals surface area contributed by atoms with Crippen LogP contribution in [0.25, 0.3) is 0 Å². The first-order valence-corrected chi connectivity index (χ1v) is 7.45. The molecule has 1 aromatic carbocycles. The Kier molecular flexibility index (Phi) is 4.19. The molecule has 1 amide bonds. The van der Waals surface area contributed by atoms with Crippen molar-refractivity contribution in [3.05, 3.63) is 35.9 Å². The lowest BCUT2D eigenvalue weighted by Gasteiger charge is -2.47. The van der Waals surface area contributed by atoms with Crippen LogP contribution in [0.4, 0.5) is 0 Å². The highest BCUT2D eigenvalue weighted by molar-refractivity contribution is 5.85. The molecule has 0 aliphatic heterocycles. The van der Waals surface area contributed by atoms with E-state index in [1.807, 2.05) is 18.2 Å². The van der Waals surface area contributed by atoms with Gasteiger partial charge in [0.15, 0.2) is 0 Å². The lowest BCUT2D eigenvalue weighted by molar-refractivity contribution is -0.129. The van der Waals surface area contributed by atoms with E-state index >= 15 is 0 Å². The van der Waals surface area contributed by atoms with Crippen molar-refractivity contribution < 1.29 is 4.79 Å². The van der Waals surface area contributed by atoms with Crippen molar-refractivity contribution in [3.63, 3.8) is 0 Å². The molecule has 1 aliphatic carbocycles. The second-order valence-electron chi connectivity index (χ2n) is 6.94. The maximum atomic E-state index is 12.1. The summed E-state index contributed by atoms with van der Waals surface area (Å²) < 4.78 is 0. The van der Waals surface area contributed by atoms with Gasteiger partial charge in [-0.05, 0) is 36.2 Å². The van der Waals surface area contributed by atoms with Gasteiger partial charge in [-0.25, -0.2) is 0 Å². The van der Waals surface area contributed by atoms with Crippen molar-refractivity contribution >= 4 is 5.91 Å². The van der Waals surface area contributed by atoms with Crippen LogP contribution in [-0.4, -0.2) is 11.4 Å². The van der Waals surface area contributed by atoms with Crippen LogP contribution >= 0.6 is 0 Å². The highest BCUT2D eigenvalue weighted by Crippen LogP contribution is 2.43. The molecule has 0 spiro atoms. The number of nitrogens with one attached hydrogen (secondary N) is 1. The van der Waals surface area contributed by atoms with E-state index in [0.29, 0.717) is 12.0 Å². The van der Waals surface area contributed by atoms with Gasteiger partial charge in [-0.3, -0.25) is 10.1 Å². The molecular weight excluding hydrogens is 248 g/mol. The molecule has 1 saturated carbocycles. The molecule has 2 unspecified atom stereocenters. The van der Waals surface area contributed by atoms with Gasteiger partial charge in [0.25, 0.3) is 0 Å². The lowest BCUT2D eigenvalue weighted by Crippen LogP contribution is -2.62. The lowest BCUT2D eigenvalue weighted by atomic mass is 9.63. The number of hydrogen-bond donors (Lipinski definition) is 2. The number of carbonyl (C=O) groups excluding carboxylic acids is 1. The smallest absolute Gasteiger partial charge is 0.238 e. The zero-order valence-electron chi connectivity index (χ0n) is 12.8. The third-order valence-corrected chi connectivity index (χ3v) is 4.79. The molecule has 1 aromatic rings. The number of primary amides is 1. The van der Waals surface area contributed by atoms with Crippen molar-refractivity contribution in [3.8, 4) is 0 Å². The molecule has 110 valence electrons. The van der Waals surface area contributed by atoms with E-state index in [4.69, 9.17) is 5.73 Å². The Morgan fingerprint density at radius 1 is 1.30 bits per heavy atom. The quantitative estimate of drug-likeness (QED) is 0.887. The summed E-state index contributed by atoms with van der Waals surface area (Å²) in [6.45, 7) is 7.37. The number of carbonyl (C=O) groups is 1. The number of hydrogen-bond acceptors (Lipinski definition) is 2. The summed E-state index contributed by atoms with van der Waals surface area (Å²) in [5.74, 6) is 0.0453. The Bertz CT molecular complexity index is 469. The van der Waals surface area contributed by atoms with Crippen LogP contribution in [0.15, 0.2) is 30.3 Å². The van der Waals surface area contributed by atoms with Gasteiger partial charge in [0.05, 0.1) is 0 Å².